The number of hydrogen-bond acceptors (Lipinski definition) is 6. The second kappa shape index (κ2) is 7.58. The van der Waals surface area contributed by atoms with Gasteiger partial charge in [0.2, 0.25) is 11.8 Å². The Kier molecular flexibility index (Phi) is 4.67. The lowest BCUT2D eigenvalue weighted by molar-refractivity contribution is -0.136. The van der Waals surface area contributed by atoms with Gasteiger partial charge in [-0.2, -0.15) is 4.90 Å². The number of likely N-dealkylation sites (tertiary alicyclic amines) is 1. The van der Waals surface area contributed by atoms with Crippen molar-refractivity contribution in [3.05, 3.63) is 76.4 Å². The molecular formula is C28H22N2O6. The van der Waals surface area contributed by atoms with Crippen LogP contribution in [-0.2, 0) is 19.2 Å². The van der Waals surface area contributed by atoms with Crippen LogP contribution in [0.4, 0.5) is 4.79 Å². The molecule has 36 heavy (non-hydrogen) atoms. The first-order chi connectivity index (χ1) is 17.2. The number of amides is 4. The van der Waals surface area contributed by atoms with E-state index in [1.165, 1.54) is 6.08 Å². The minimum Gasteiger partial charge on any atom is -0.508 e. The molecule has 4 atom stereocenters. The summed E-state index contributed by atoms with van der Waals surface area (Å²) >= 11 is 0. The molecule has 0 bridgehead atoms. The average Bonchev–Trinajstić information content (AvgIpc) is 3.11. The molecule has 0 aromatic heterocycles. The van der Waals surface area contributed by atoms with E-state index in [0.717, 1.165) is 10.8 Å². The third kappa shape index (κ3) is 2.84. The van der Waals surface area contributed by atoms with E-state index >= 15 is 0 Å². The van der Waals surface area contributed by atoms with Crippen molar-refractivity contribution in [3.63, 3.8) is 0 Å². The number of allylic oxidation sites excluding steroid dienone is 6. The number of fused-ring (bicyclic) bond motifs is 4. The van der Waals surface area contributed by atoms with Gasteiger partial charge in [0.1, 0.15) is 5.75 Å². The molecule has 3 N–H and O–H groups in total. The number of nitrogens with zero attached hydrogens (tertiary/aromatic N) is 1. The number of phenols is 1. The number of rotatable bonds is 1. The predicted molar refractivity (Wildman–Crippen MR) is 128 cm³/mol. The van der Waals surface area contributed by atoms with Gasteiger partial charge in [-0.15, -0.1) is 0 Å². The number of benzene rings is 2. The van der Waals surface area contributed by atoms with Gasteiger partial charge in [-0.05, 0) is 48.6 Å². The first kappa shape index (κ1) is 22.2. The lowest BCUT2D eigenvalue weighted by Crippen LogP contribution is -2.42. The summed E-state index contributed by atoms with van der Waals surface area (Å²) in [5.74, 6) is -4.99. The Morgan fingerprint density at radius 2 is 1.78 bits per heavy atom. The van der Waals surface area contributed by atoms with Crippen LogP contribution in [0.3, 0.4) is 0 Å². The number of carbonyl (C=O) groups excluding carboxylic acids is 5. The summed E-state index contributed by atoms with van der Waals surface area (Å²) in [6.45, 7) is 1.57. The summed E-state index contributed by atoms with van der Waals surface area (Å²) in [7, 11) is 0. The lowest BCUT2D eigenvalue weighted by Gasteiger charge is -2.42. The molecule has 1 saturated heterocycles. The first-order valence-corrected chi connectivity index (χ1v) is 11.8. The van der Waals surface area contributed by atoms with Crippen LogP contribution in [0.5, 0.6) is 5.75 Å². The molecule has 4 aliphatic rings. The fourth-order valence-corrected chi connectivity index (χ4v) is 6.52. The molecule has 1 heterocycles. The molecule has 8 heteroatoms. The Labute approximate surface area is 205 Å². The summed E-state index contributed by atoms with van der Waals surface area (Å²) in [6.07, 6.45) is 3.43. The van der Waals surface area contributed by atoms with Crippen molar-refractivity contribution in [2.24, 2.45) is 23.5 Å². The van der Waals surface area contributed by atoms with Crippen molar-refractivity contribution in [2.45, 2.75) is 25.7 Å². The van der Waals surface area contributed by atoms with Crippen LogP contribution in [0.2, 0.25) is 0 Å². The molecule has 2 aromatic carbocycles. The predicted octanol–water partition coefficient (Wildman–Crippen LogP) is 3.05. The van der Waals surface area contributed by atoms with Crippen molar-refractivity contribution in [1.29, 1.82) is 0 Å². The standard InChI is InChI=1S/C28H22N2O6/c1-12-10-20(32)23-18(25(12)33)11-17-15(7-8-16-21(17)27(35)30(26(16)34)28(29)36)24(23)22-14-5-3-2-4-13(14)6-9-19(22)31/h2-7,9-10,16-17,21,24,31H,8,11H2,1H3,(H2,29,36)/t16-,17+,21-,24+/m0/s1. The summed E-state index contributed by atoms with van der Waals surface area (Å²) in [4.78, 5) is 65.3. The van der Waals surface area contributed by atoms with Crippen LogP contribution in [0.25, 0.3) is 10.8 Å². The highest BCUT2D eigenvalue weighted by Crippen LogP contribution is 2.56. The monoisotopic (exact) mass is 482 g/mol. The number of hydrogen-bond donors (Lipinski definition) is 2. The van der Waals surface area contributed by atoms with Crippen LogP contribution in [-0.4, -0.2) is 39.4 Å². The quantitative estimate of drug-likeness (QED) is 0.364. The maximum absolute atomic E-state index is 13.4. The smallest absolute Gasteiger partial charge is 0.328 e. The largest absolute Gasteiger partial charge is 0.508 e. The number of Topliss-reactive ketones (excluding diaryl/α,β-unsaturated/α-hetero) is 1. The molecule has 180 valence electrons. The summed E-state index contributed by atoms with van der Waals surface area (Å²) in [6, 6.07) is 9.64. The number of ketones is 2. The zero-order valence-corrected chi connectivity index (χ0v) is 19.4. The second-order valence-corrected chi connectivity index (χ2v) is 9.80. The maximum Gasteiger partial charge on any atom is 0.328 e. The van der Waals surface area contributed by atoms with Gasteiger partial charge in [0.25, 0.3) is 0 Å². The third-order valence-electron chi connectivity index (χ3n) is 8.02. The molecule has 2 aromatic rings. The second-order valence-electron chi connectivity index (χ2n) is 9.80. The summed E-state index contributed by atoms with van der Waals surface area (Å²) in [5.41, 5.74) is 7.40. The number of aromatic hydroxyl groups is 1. The SMILES string of the molecule is CC1=CC(=O)C2=C(C[C@@H]3C(=CC[C@@H]4C(=O)N(C(N)=O)C(=O)[C@@H]43)[C@@H]2c2c(O)ccc3ccccc23)C1=O. The maximum atomic E-state index is 13.4. The number of imide groups is 3. The van der Waals surface area contributed by atoms with Gasteiger partial charge in [0.15, 0.2) is 11.6 Å². The number of phenolic OH excluding ortho intramolecular Hbond substituents is 1. The van der Waals surface area contributed by atoms with Crippen molar-refractivity contribution < 1.29 is 29.1 Å². The fourth-order valence-electron chi connectivity index (χ4n) is 6.52. The molecular weight excluding hydrogens is 460 g/mol. The van der Waals surface area contributed by atoms with Gasteiger partial charge in [0, 0.05) is 28.2 Å². The topological polar surface area (TPSA) is 135 Å². The molecule has 0 spiro atoms. The van der Waals surface area contributed by atoms with Gasteiger partial charge in [-0.1, -0.05) is 42.0 Å². The highest BCUT2D eigenvalue weighted by atomic mass is 16.3. The minimum absolute atomic E-state index is 0.0339. The number of primary amides is 1. The molecule has 0 saturated carbocycles. The Morgan fingerprint density at radius 3 is 2.53 bits per heavy atom. The normalized spacial score (nSPS) is 27.5. The van der Waals surface area contributed by atoms with Crippen molar-refractivity contribution in [3.8, 4) is 5.75 Å². The molecule has 3 aliphatic carbocycles. The fraction of sp³-hybridized carbons (Fsp3) is 0.250. The van der Waals surface area contributed by atoms with Gasteiger partial charge >= 0.3 is 6.03 Å². The van der Waals surface area contributed by atoms with E-state index in [4.69, 9.17) is 5.73 Å². The van der Waals surface area contributed by atoms with Crippen LogP contribution >= 0.6 is 0 Å². The van der Waals surface area contributed by atoms with E-state index in [1.54, 1.807) is 19.1 Å². The van der Waals surface area contributed by atoms with Crippen LogP contribution in [0, 0.1) is 17.8 Å². The Morgan fingerprint density at radius 1 is 1.03 bits per heavy atom. The number of carbonyl (C=O) groups is 5. The molecule has 8 nitrogen and oxygen atoms in total. The lowest BCUT2D eigenvalue weighted by atomic mass is 9.59. The molecule has 0 radical (unpaired) electrons. The van der Waals surface area contributed by atoms with Crippen molar-refractivity contribution in [2.75, 3.05) is 0 Å². The highest BCUT2D eigenvalue weighted by molar-refractivity contribution is 6.24. The highest BCUT2D eigenvalue weighted by Gasteiger charge is 2.57. The zero-order valence-electron chi connectivity index (χ0n) is 19.4. The van der Waals surface area contributed by atoms with Gasteiger partial charge in [-0.25, -0.2) is 4.79 Å². The van der Waals surface area contributed by atoms with E-state index in [2.05, 4.69) is 0 Å². The third-order valence-corrected chi connectivity index (χ3v) is 8.02. The van der Waals surface area contributed by atoms with Crippen LogP contribution < -0.4 is 5.73 Å². The molecule has 0 unspecified atom stereocenters. The minimum atomic E-state index is -1.12. The summed E-state index contributed by atoms with van der Waals surface area (Å²) < 4.78 is 0. The van der Waals surface area contributed by atoms with Gasteiger partial charge < -0.3 is 10.8 Å². The van der Waals surface area contributed by atoms with E-state index in [1.807, 2.05) is 30.3 Å². The molecule has 6 rings (SSSR count). The molecule has 1 aliphatic heterocycles. The van der Waals surface area contributed by atoms with Crippen molar-refractivity contribution >= 4 is 40.2 Å². The Bertz CT molecular complexity index is 1540. The average molecular weight is 482 g/mol. The van der Waals surface area contributed by atoms with E-state index in [0.29, 0.717) is 27.2 Å². The van der Waals surface area contributed by atoms with Crippen molar-refractivity contribution in [1.82, 2.24) is 4.90 Å². The van der Waals surface area contributed by atoms with Gasteiger partial charge in [0.05, 0.1) is 11.8 Å². The molecule has 4 amide bonds. The summed E-state index contributed by atoms with van der Waals surface area (Å²) in [5, 5.41) is 12.7. The Hall–Kier alpha value is -4.33. The van der Waals surface area contributed by atoms with Crippen LogP contribution in [0.1, 0.15) is 31.2 Å². The molecule has 1 fully saturated rings. The zero-order chi connectivity index (χ0) is 25.5. The van der Waals surface area contributed by atoms with E-state index in [9.17, 15) is 29.1 Å². The van der Waals surface area contributed by atoms with E-state index in [-0.39, 0.29) is 35.7 Å². The van der Waals surface area contributed by atoms with Gasteiger partial charge in [-0.3, -0.25) is 19.2 Å². The number of nitrogens with two attached hydrogens (primary N) is 1. The number of urea groups is 1. The van der Waals surface area contributed by atoms with E-state index < -0.39 is 41.5 Å². The Balaban J connectivity index is 1.62. The van der Waals surface area contributed by atoms with Crippen LogP contribution in [0.15, 0.2) is 70.8 Å². The first-order valence-electron chi connectivity index (χ1n) is 11.8.